The highest BCUT2D eigenvalue weighted by molar-refractivity contribution is 6.02. The maximum atomic E-state index is 12.5. The zero-order chi connectivity index (χ0) is 20.2. The van der Waals surface area contributed by atoms with Crippen LogP contribution < -0.4 is 10.6 Å². The van der Waals surface area contributed by atoms with E-state index in [2.05, 4.69) is 20.6 Å². The van der Waals surface area contributed by atoms with Gasteiger partial charge in [-0.25, -0.2) is 4.98 Å². The number of aliphatic hydroxyl groups excluding tert-OH is 1. The molecule has 4 rings (SSSR count). The van der Waals surface area contributed by atoms with Crippen molar-refractivity contribution in [1.29, 1.82) is 0 Å². The van der Waals surface area contributed by atoms with E-state index in [9.17, 15) is 14.7 Å². The van der Waals surface area contributed by atoms with Crippen LogP contribution in [0.5, 0.6) is 0 Å². The van der Waals surface area contributed by atoms with Crippen molar-refractivity contribution in [1.82, 2.24) is 15.3 Å². The average Bonchev–Trinajstić information content (AvgIpc) is 2.76. The molecule has 144 valence electrons. The van der Waals surface area contributed by atoms with Crippen LogP contribution in [0.4, 0.5) is 5.69 Å². The number of para-hydroxylation sites is 1. The fourth-order valence-corrected chi connectivity index (χ4v) is 3.00. The largest absolute Gasteiger partial charge is 0.394 e. The van der Waals surface area contributed by atoms with Gasteiger partial charge in [-0.3, -0.25) is 14.6 Å². The lowest BCUT2D eigenvalue weighted by molar-refractivity contribution is -0.118. The summed E-state index contributed by atoms with van der Waals surface area (Å²) in [5.41, 5.74) is 2.20. The van der Waals surface area contributed by atoms with E-state index in [4.69, 9.17) is 0 Å². The minimum absolute atomic E-state index is 0.173. The Hall–Kier alpha value is -3.84. The minimum atomic E-state index is -1.11. The SMILES string of the molecule is O=C(NC(CO)C(=O)Nc1ccc2ncccc2c1)c1ccc2ccccc2n1. The van der Waals surface area contributed by atoms with Gasteiger partial charge in [0.1, 0.15) is 11.7 Å². The Morgan fingerprint density at radius 1 is 0.931 bits per heavy atom. The fourth-order valence-electron chi connectivity index (χ4n) is 3.00. The molecule has 0 aliphatic carbocycles. The number of aromatic nitrogens is 2. The number of carbonyl (C=O) groups excluding carboxylic acids is 2. The van der Waals surface area contributed by atoms with Crippen molar-refractivity contribution in [3.05, 3.63) is 78.6 Å². The van der Waals surface area contributed by atoms with Crippen LogP contribution in [0.3, 0.4) is 0 Å². The number of nitrogens with one attached hydrogen (secondary N) is 2. The number of rotatable bonds is 5. The maximum absolute atomic E-state index is 12.5. The first-order valence-electron chi connectivity index (χ1n) is 9.07. The number of nitrogens with zero attached hydrogens (tertiary/aromatic N) is 2. The molecular formula is C22H18N4O3. The Morgan fingerprint density at radius 3 is 2.62 bits per heavy atom. The van der Waals surface area contributed by atoms with Crippen LogP contribution in [0.1, 0.15) is 10.5 Å². The molecule has 2 aromatic carbocycles. The molecule has 0 radical (unpaired) electrons. The molecule has 3 N–H and O–H groups in total. The monoisotopic (exact) mass is 386 g/mol. The molecule has 1 unspecified atom stereocenters. The summed E-state index contributed by atoms with van der Waals surface area (Å²) < 4.78 is 0. The van der Waals surface area contributed by atoms with E-state index >= 15 is 0 Å². The van der Waals surface area contributed by atoms with Crippen molar-refractivity contribution in [3.8, 4) is 0 Å². The van der Waals surface area contributed by atoms with Crippen molar-refractivity contribution in [2.75, 3.05) is 11.9 Å². The van der Waals surface area contributed by atoms with Gasteiger partial charge in [-0.2, -0.15) is 0 Å². The minimum Gasteiger partial charge on any atom is -0.394 e. The van der Waals surface area contributed by atoms with Gasteiger partial charge in [-0.05, 0) is 36.4 Å². The third-order valence-corrected chi connectivity index (χ3v) is 4.51. The molecule has 1 atom stereocenters. The van der Waals surface area contributed by atoms with E-state index < -0.39 is 24.5 Å². The van der Waals surface area contributed by atoms with Gasteiger partial charge in [0, 0.05) is 22.7 Å². The summed E-state index contributed by atoms with van der Waals surface area (Å²) in [5, 5.41) is 16.6. The topological polar surface area (TPSA) is 104 Å². The molecule has 0 spiro atoms. The summed E-state index contributed by atoms with van der Waals surface area (Å²) in [6.07, 6.45) is 1.69. The highest BCUT2D eigenvalue weighted by Crippen LogP contribution is 2.17. The first kappa shape index (κ1) is 18.5. The molecular weight excluding hydrogens is 368 g/mol. The number of benzene rings is 2. The molecule has 2 aromatic heterocycles. The van der Waals surface area contributed by atoms with Gasteiger partial charge in [-0.1, -0.05) is 30.3 Å². The number of pyridine rings is 2. The van der Waals surface area contributed by atoms with Crippen molar-refractivity contribution in [2.24, 2.45) is 0 Å². The van der Waals surface area contributed by atoms with Gasteiger partial charge in [-0.15, -0.1) is 0 Å². The molecule has 2 heterocycles. The Bertz CT molecular complexity index is 1210. The molecule has 0 bridgehead atoms. The summed E-state index contributed by atoms with van der Waals surface area (Å²) in [7, 11) is 0. The van der Waals surface area contributed by atoms with Crippen LogP contribution in [-0.4, -0.2) is 39.5 Å². The Kier molecular flexibility index (Phi) is 5.13. The molecule has 0 saturated heterocycles. The van der Waals surface area contributed by atoms with Crippen LogP contribution in [0.2, 0.25) is 0 Å². The van der Waals surface area contributed by atoms with Crippen LogP contribution in [-0.2, 0) is 4.79 Å². The number of anilines is 1. The number of hydrogen-bond acceptors (Lipinski definition) is 5. The highest BCUT2D eigenvalue weighted by Gasteiger charge is 2.21. The first-order chi connectivity index (χ1) is 14.1. The van der Waals surface area contributed by atoms with Gasteiger partial charge < -0.3 is 15.7 Å². The molecule has 29 heavy (non-hydrogen) atoms. The van der Waals surface area contributed by atoms with Gasteiger partial charge in [0.15, 0.2) is 0 Å². The van der Waals surface area contributed by atoms with Crippen LogP contribution in [0, 0.1) is 0 Å². The average molecular weight is 386 g/mol. The fraction of sp³-hybridized carbons (Fsp3) is 0.0909. The van der Waals surface area contributed by atoms with Crippen molar-refractivity contribution in [3.63, 3.8) is 0 Å². The normalized spacial score (nSPS) is 11.9. The first-order valence-corrected chi connectivity index (χ1v) is 9.07. The maximum Gasteiger partial charge on any atom is 0.270 e. The number of hydrogen-bond donors (Lipinski definition) is 3. The quantitative estimate of drug-likeness (QED) is 0.489. The summed E-state index contributed by atoms with van der Waals surface area (Å²) >= 11 is 0. The molecule has 7 nitrogen and oxygen atoms in total. The molecule has 7 heteroatoms. The number of fused-ring (bicyclic) bond motifs is 2. The Labute approximate surface area is 166 Å². The van der Waals surface area contributed by atoms with Gasteiger partial charge >= 0.3 is 0 Å². The molecule has 4 aromatic rings. The van der Waals surface area contributed by atoms with E-state index in [1.807, 2.05) is 24.3 Å². The third kappa shape index (κ3) is 4.04. The van der Waals surface area contributed by atoms with Gasteiger partial charge in [0.05, 0.1) is 17.6 Å². The standard InChI is InChI=1S/C22H18N4O3/c27-13-20(22(29)24-16-8-10-17-15(12-16)5-3-11-23-17)26-21(28)19-9-7-14-4-1-2-6-18(14)25-19/h1-12,20,27H,13H2,(H,24,29)(H,26,28). The highest BCUT2D eigenvalue weighted by atomic mass is 16.3. The van der Waals surface area contributed by atoms with Crippen LogP contribution in [0.25, 0.3) is 21.8 Å². The summed E-state index contributed by atoms with van der Waals surface area (Å²) in [4.78, 5) is 33.6. The van der Waals surface area contributed by atoms with Gasteiger partial charge in [0.2, 0.25) is 5.91 Å². The van der Waals surface area contributed by atoms with E-state index in [1.54, 1.807) is 48.7 Å². The van der Waals surface area contributed by atoms with E-state index in [1.165, 1.54) is 0 Å². The lowest BCUT2D eigenvalue weighted by Crippen LogP contribution is -2.46. The second-order valence-electron chi connectivity index (χ2n) is 6.50. The number of aliphatic hydroxyl groups is 1. The van der Waals surface area contributed by atoms with E-state index in [-0.39, 0.29) is 5.69 Å². The number of amides is 2. The zero-order valence-electron chi connectivity index (χ0n) is 15.4. The molecule has 2 amide bonds. The van der Waals surface area contributed by atoms with Crippen molar-refractivity contribution >= 4 is 39.3 Å². The molecule has 0 aliphatic rings. The Balaban J connectivity index is 1.48. The second kappa shape index (κ2) is 8.04. The summed E-state index contributed by atoms with van der Waals surface area (Å²) in [6.45, 7) is -0.541. The molecule has 0 saturated carbocycles. The van der Waals surface area contributed by atoms with Crippen molar-refractivity contribution in [2.45, 2.75) is 6.04 Å². The van der Waals surface area contributed by atoms with Gasteiger partial charge in [0.25, 0.3) is 5.91 Å². The smallest absolute Gasteiger partial charge is 0.270 e. The Morgan fingerprint density at radius 2 is 1.76 bits per heavy atom. The zero-order valence-corrected chi connectivity index (χ0v) is 15.4. The van der Waals surface area contributed by atoms with Crippen molar-refractivity contribution < 1.29 is 14.7 Å². The lowest BCUT2D eigenvalue weighted by Gasteiger charge is -2.16. The van der Waals surface area contributed by atoms with Crippen LogP contribution >= 0.6 is 0 Å². The predicted molar refractivity (Wildman–Crippen MR) is 110 cm³/mol. The number of carbonyl (C=O) groups is 2. The van der Waals surface area contributed by atoms with Crippen LogP contribution in [0.15, 0.2) is 72.9 Å². The molecule has 0 fully saturated rings. The third-order valence-electron chi connectivity index (χ3n) is 4.51. The summed E-state index contributed by atoms with van der Waals surface area (Å²) in [6, 6.07) is 18.7. The predicted octanol–water partition coefficient (Wildman–Crippen LogP) is 2.51. The molecule has 0 aliphatic heterocycles. The second-order valence-corrected chi connectivity index (χ2v) is 6.50. The van der Waals surface area contributed by atoms with E-state index in [0.717, 1.165) is 16.3 Å². The summed E-state index contributed by atoms with van der Waals surface area (Å²) in [5.74, 6) is -1.06. The lowest BCUT2D eigenvalue weighted by atomic mass is 10.2. The van der Waals surface area contributed by atoms with E-state index in [0.29, 0.717) is 11.2 Å².